The Morgan fingerprint density at radius 2 is 2.56 bits per heavy atom. The molecule has 1 aliphatic rings. The standard InChI is InChI=1S/C6H10BrNO/c1-5-2-3-6(4-7)8(5)9/h6H,2-4H2,1H3. The topological polar surface area (TPSA) is 26.1 Å². The fourth-order valence-electron chi connectivity index (χ4n) is 1.05. The zero-order valence-corrected chi connectivity index (χ0v) is 7.02. The number of hydrogen-bond acceptors (Lipinski definition) is 1. The smallest absolute Gasteiger partial charge is 0.173 e. The molecule has 0 aromatic rings. The summed E-state index contributed by atoms with van der Waals surface area (Å²) >= 11 is 3.29. The van der Waals surface area contributed by atoms with Gasteiger partial charge < -0.3 is 5.21 Å². The van der Waals surface area contributed by atoms with Crippen LogP contribution in [-0.4, -0.2) is 21.8 Å². The highest BCUT2D eigenvalue weighted by molar-refractivity contribution is 9.09. The second kappa shape index (κ2) is 2.69. The molecule has 1 rings (SSSR count). The lowest BCUT2D eigenvalue weighted by molar-refractivity contribution is -0.486. The lowest BCUT2D eigenvalue weighted by Gasteiger charge is -2.06. The van der Waals surface area contributed by atoms with Crippen LogP contribution < -0.4 is 0 Å². The van der Waals surface area contributed by atoms with E-state index < -0.39 is 0 Å². The fourth-order valence-corrected chi connectivity index (χ4v) is 1.64. The molecule has 1 atom stereocenters. The van der Waals surface area contributed by atoms with Crippen LogP contribution in [0.5, 0.6) is 0 Å². The van der Waals surface area contributed by atoms with Gasteiger partial charge in [0.1, 0.15) is 0 Å². The Bertz CT molecular complexity index is 144. The molecule has 0 saturated carbocycles. The van der Waals surface area contributed by atoms with Crippen LogP contribution in [0.15, 0.2) is 0 Å². The normalized spacial score (nSPS) is 27.6. The van der Waals surface area contributed by atoms with Crippen molar-refractivity contribution in [3.63, 3.8) is 0 Å². The zero-order chi connectivity index (χ0) is 6.85. The van der Waals surface area contributed by atoms with Gasteiger partial charge in [0.25, 0.3) is 0 Å². The van der Waals surface area contributed by atoms with Gasteiger partial charge in [-0.1, -0.05) is 15.9 Å². The predicted octanol–water partition coefficient (Wildman–Crippen LogP) is 1.51. The van der Waals surface area contributed by atoms with Gasteiger partial charge in [0, 0.05) is 19.8 Å². The summed E-state index contributed by atoms with van der Waals surface area (Å²) in [6.07, 6.45) is 1.99. The van der Waals surface area contributed by atoms with Crippen LogP contribution >= 0.6 is 15.9 Å². The predicted molar refractivity (Wildman–Crippen MR) is 41.1 cm³/mol. The Hall–Kier alpha value is -0.0500. The highest BCUT2D eigenvalue weighted by Gasteiger charge is 2.24. The monoisotopic (exact) mass is 191 g/mol. The van der Waals surface area contributed by atoms with Crippen molar-refractivity contribution >= 4 is 21.6 Å². The van der Waals surface area contributed by atoms with E-state index >= 15 is 0 Å². The van der Waals surface area contributed by atoms with Crippen molar-refractivity contribution in [3.05, 3.63) is 5.21 Å². The van der Waals surface area contributed by atoms with E-state index in [1.165, 1.54) is 0 Å². The summed E-state index contributed by atoms with van der Waals surface area (Å²) in [5.74, 6) is 0. The van der Waals surface area contributed by atoms with Gasteiger partial charge in [-0.05, 0) is 0 Å². The maximum absolute atomic E-state index is 11.0. The van der Waals surface area contributed by atoms with Gasteiger partial charge in [-0.25, -0.2) is 4.74 Å². The Balaban J connectivity index is 2.63. The SMILES string of the molecule is CC1=[N+]([O-])C(CBr)CC1. The minimum Gasteiger partial charge on any atom is -0.624 e. The number of alkyl halides is 1. The summed E-state index contributed by atoms with van der Waals surface area (Å²) in [6, 6.07) is 0.199. The van der Waals surface area contributed by atoms with Gasteiger partial charge >= 0.3 is 0 Å². The van der Waals surface area contributed by atoms with Crippen molar-refractivity contribution < 1.29 is 4.74 Å². The summed E-state index contributed by atoms with van der Waals surface area (Å²) in [6.45, 7) is 1.90. The number of hydroxylamine groups is 1. The molecule has 0 bridgehead atoms. The van der Waals surface area contributed by atoms with Crippen LogP contribution in [0.2, 0.25) is 0 Å². The molecule has 0 N–H and O–H groups in total. The van der Waals surface area contributed by atoms with E-state index in [2.05, 4.69) is 15.9 Å². The molecule has 0 spiro atoms. The number of hydrogen-bond donors (Lipinski definition) is 0. The Morgan fingerprint density at radius 1 is 1.89 bits per heavy atom. The van der Waals surface area contributed by atoms with E-state index in [4.69, 9.17) is 0 Å². The molecule has 0 fully saturated rings. The van der Waals surface area contributed by atoms with Crippen LogP contribution in [0.3, 0.4) is 0 Å². The van der Waals surface area contributed by atoms with Gasteiger partial charge in [-0.15, -0.1) is 0 Å². The Kier molecular flexibility index (Phi) is 2.11. The third-order valence-corrected chi connectivity index (χ3v) is 2.47. The summed E-state index contributed by atoms with van der Waals surface area (Å²) in [7, 11) is 0. The molecule has 9 heavy (non-hydrogen) atoms. The van der Waals surface area contributed by atoms with E-state index in [0.717, 1.165) is 28.6 Å². The van der Waals surface area contributed by atoms with E-state index in [9.17, 15) is 5.21 Å². The quantitative estimate of drug-likeness (QED) is 0.351. The van der Waals surface area contributed by atoms with Crippen LogP contribution in [0, 0.1) is 5.21 Å². The van der Waals surface area contributed by atoms with Crippen molar-refractivity contribution in [2.24, 2.45) is 0 Å². The molecule has 3 heteroatoms. The van der Waals surface area contributed by atoms with Crippen LogP contribution in [0.4, 0.5) is 0 Å². The Labute approximate surface area is 63.3 Å². The lowest BCUT2D eigenvalue weighted by atomic mass is 10.2. The highest BCUT2D eigenvalue weighted by atomic mass is 79.9. The summed E-state index contributed by atoms with van der Waals surface area (Å²) < 4.78 is 1.12. The summed E-state index contributed by atoms with van der Waals surface area (Å²) in [4.78, 5) is 0. The average molecular weight is 192 g/mol. The minimum absolute atomic E-state index is 0.199. The van der Waals surface area contributed by atoms with Gasteiger partial charge in [-0.2, -0.15) is 0 Å². The average Bonchev–Trinajstić information content (AvgIpc) is 2.15. The van der Waals surface area contributed by atoms with Crippen molar-refractivity contribution in [1.29, 1.82) is 0 Å². The zero-order valence-electron chi connectivity index (χ0n) is 5.43. The van der Waals surface area contributed by atoms with Crippen LogP contribution in [0.25, 0.3) is 0 Å². The fraction of sp³-hybridized carbons (Fsp3) is 0.833. The van der Waals surface area contributed by atoms with Crippen molar-refractivity contribution in [2.45, 2.75) is 25.8 Å². The van der Waals surface area contributed by atoms with Gasteiger partial charge in [0.05, 0.1) is 5.33 Å². The maximum atomic E-state index is 11.0. The molecule has 0 aromatic heterocycles. The molecule has 1 aliphatic heterocycles. The summed E-state index contributed by atoms with van der Waals surface area (Å²) in [5, 5.41) is 11.8. The first-order chi connectivity index (χ1) is 4.25. The molecule has 0 aromatic carbocycles. The molecule has 0 saturated heterocycles. The molecular formula is C6H10BrNO. The Morgan fingerprint density at radius 3 is 2.78 bits per heavy atom. The highest BCUT2D eigenvalue weighted by Crippen LogP contribution is 2.13. The third kappa shape index (κ3) is 1.26. The molecule has 1 unspecified atom stereocenters. The van der Waals surface area contributed by atoms with Crippen molar-refractivity contribution in [3.8, 4) is 0 Å². The van der Waals surface area contributed by atoms with Gasteiger partial charge in [0.15, 0.2) is 11.8 Å². The van der Waals surface area contributed by atoms with Crippen LogP contribution in [-0.2, 0) is 0 Å². The second-order valence-electron chi connectivity index (χ2n) is 2.41. The first-order valence-corrected chi connectivity index (χ1v) is 4.22. The van der Waals surface area contributed by atoms with E-state index in [1.54, 1.807) is 0 Å². The van der Waals surface area contributed by atoms with Gasteiger partial charge in [-0.3, -0.25) is 0 Å². The number of halogens is 1. The molecule has 2 nitrogen and oxygen atoms in total. The third-order valence-electron chi connectivity index (χ3n) is 1.73. The van der Waals surface area contributed by atoms with Crippen LogP contribution in [0.1, 0.15) is 19.8 Å². The molecular weight excluding hydrogens is 182 g/mol. The van der Waals surface area contributed by atoms with E-state index in [1.807, 2.05) is 6.92 Å². The molecule has 0 aliphatic carbocycles. The lowest BCUT2D eigenvalue weighted by Crippen LogP contribution is -2.18. The molecule has 0 radical (unpaired) electrons. The second-order valence-corrected chi connectivity index (χ2v) is 3.06. The molecule has 52 valence electrons. The van der Waals surface area contributed by atoms with Crippen molar-refractivity contribution in [2.75, 3.05) is 5.33 Å². The molecule has 0 amide bonds. The minimum atomic E-state index is 0.199. The largest absolute Gasteiger partial charge is 0.624 e. The van der Waals surface area contributed by atoms with Crippen molar-refractivity contribution in [1.82, 2.24) is 0 Å². The maximum Gasteiger partial charge on any atom is 0.173 e. The summed E-state index contributed by atoms with van der Waals surface area (Å²) in [5.41, 5.74) is 0.972. The number of rotatable bonds is 1. The van der Waals surface area contributed by atoms with Gasteiger partial charge in [0.2, 0.25) is 0 Å². The van der Waals surface area contributed by atoms with E-state index in [-0.39, 0.29) is 6.04 Å². The number of nitrogens with zero attached hydrogens (tertiary/aromatic N) is 1. The first kappa shape index (κ1) is 7.06. The van der Waals surface area contributed by atoms with E-state index in [0.29, 0.717) is 0 Å². The molecule has 1 heterocycles. The first-order valence-electron chi connectivity index (χ1n) is 3.10.